The summed E-state index contributed by atoms with van der Waals surface area (Å²) in [4.78, 5) is 1.85. The number of hydrogen-bond donors (Lipinski definition) is 2. The average Bonchev–Trinajstić information content (AvgIpc) is 2.37. The predicted molar refractivity (Wildman–Crippen MR) is 65.1 cm³/mol. The van der Waals surface area contributed by atoms with E-state index in [2.05, 4.69) is 0 Å². The fraction of sp³-hybridized carbons (Fsp3) is 0.538. The highest BCUT2D eigenvalue weighted by molar-refractivity contribution is 5.21. The van der Waals surface area contributed by atoms with Crippen LogP contribution in [0.5, 0.6) is 0 Å². The normalized spacial score (nSPS) is 14.8. The van der Waals surface area contributed by atoms with Gasteiger partial charge in [-0.25, -0.2) is 8.78 Å². The van der Waals surface area contributed by atoms with E-state index in [9.17, 15) is 13.9 Å². The monoisotopic (exact) mass is 259 g/mol. The van der Waals surface area contributed by atoms with Crippen molar-refractivity contribution in [2.45, 2.75) is 25.5 Å². The summed E-state index contributed by atoms with van der Waals surface area (Å²) in [5, 5.41) is 18.8. The highest BCUT2D eigenvalue weighted by atomic mass is 19.2. The molecule has 0 heterocycles. The summed E-state index contributed by atoms with van der Waals surface area (Å²) in [6.45, 7) is 2.34. The van der Waals surface area contributed by atoms with E-state index in [1.165, 1.54) is 12.1 Å². The number of likely N-dealkylation sites (N-methyl/N-ethyl adjacent to an activating group) is 1. The Balaban J connectivity index is 2.60. The predicted octanol–water partition coefficient (Wildman–Crippen LogP) is 1.70. The van der Waals surface area contributed by atoms with Crippen molar-refractivity contribution in [3.8, 4) is 0 Å². The van der Waals surface area contributed by atoms with Gasteiger partial charge < -0.3 is 15.1 Å². The van der Waals surface area contributed by atoms with Crippen molar-refractivity contribution in [2.75, 3.05) is 20.2 Å². The van der Waals surface area contributed by atoms with Crippen LogP contribution in [0.25, 0.3) is 0 Å². The Morgan fingerprint density at radius 2 is 2.00 bits per heavy atom. The maximum atomic E-state index is 13.4. The minimum Gasteiger partial charge on any atom is -0.395 e. The summed E-state index contributed by atoms with van der Waals surface area (Å²) in [6.07, 6.45) is -0.768. The molecule has 0 amide bonds. The third-order valence-electron chi connectivity index (χ3n) is 3.11. The lowest BCUT2D eigenvalue weighted by Crippen LogP contribution is -2.33. The number of nitrogens with zero attached hydrogens (tertiary/aromatic N) is 1. The van der Waals surface area contributed by atoms with Crippen LogP contribution >= 0.6 is 0 Å². The summed E-state index contributed by atoms with van der Waals surface area (Å²) in [5.74, 6) is -1.95. The molecule has 0 aromatic heterocycles. The summed E-state index contributed by atoms with van der Waals surface area (Å²) in [7, 11) is 1.80. The summed E-state index contributed by atoms with van der Waals surface area (Å²) in [5.41, 5.74) is -0.0277. The Labute approximate surface area is 106 Å². The zero-order chi connectivity index (χ0) is 13.7. The maximum absolute atomic E-state index is 13.4. The number of aliphatic hydroxyl groups is 2. The Morgan fingerprint density at radius 3 is 2.61 bits per heavy atom. The molecule has 1 aromatic carbocycles. The molecule has 1 aromatic rings. The van der Waals surface area contributed by atoms with E-state index in [1.807, 2.05) is 11.8 Å². The third kappa shape index (κ3) is 3.73. The Kier molecular flexibility index (Phi) is 5.65. The lowest BCUT2D eigenvalue weighted by molar-refractivity contribution is 0.115. The van der Waals surface area contributed by atoms with Gasteiger partial charge in [-0.15, -0.1) is 0 Å². The zero-order valence-corrected chi connectivity index (χ0v) is 10.6. The van der Waals surface area contributed by atoms with Crippen molar-refractivity contribution < 1.29 is 19.0 Å². The number of benzene rings is 1. The molecule has 3 nitrogen and oxygen atoms in total. The molecule has 0 saturated carbocycles. The van der Waals surface area contributed by atoms with Crippen LogP contribution in [-0.4, -0.2) is 41.4 Å². The minimum atomic E-state index is -1.05. The van der Waals surface area contributed by atoms with Gasteiger partial charge in [-0.3, -0.25) is 0 Å². The second-order valence-electron chi connectivity index (χ2n) is 4.46. The van der Waals surface area contributed by atoms with Crippen LogP contribution in [0, 0.1) is 11.6 Å². The Morgan fingerprint density at radius 1 is 1.33 bits per heavy atom. The molecule has 2 N–H and O–H groups in total. The van der Waals surface area contributed by atoms with Crippen molar-refractivity contribution in [1.82, 2.24) is 4.90 Å². The number of aliphatic hydroxyl groups excluding tert-OH is 2. The number of rotatable bonds is 6. The van der Waals surface area contributed by atoms with E-state index in [4.69, 9.17) is 5.11 Å². The van der Waals surface area contributed by atoms with Crippen LogP contribution in [0.2, 0.25) is 0 Å². The molecule has 0 aliphatic carbocycles. The van der Waals surface area contributed by atoms with Gasteiger partial charge in [0.05, 0.1) is 12.7 Å². The van der Waals surface area contributed by atoms with Crippen molar-refractivity contribution in [3.05, 3.63) is 35.4 Å². The number of hydrogen-bond acceptors (Lipinski definition) is 3. The van der Waals surface area contributed by atoms with E-state index in [-0.39, 0.29) is 24.6 Å². The first-order valence-electron chi connectivity index (χ1n) is 5.90. The molecule has 2 unspecified atom stereocenters. The highest BCUT2D eigenvalue weighted by Crippen LogP contribution is 2.22. The zero-order valence-electron chi connectivity index (χ0n) is 10.6. The van der Waals surface area contributed by atoms with E-state index in [1.54, 1.807) is 7.05 Å². The summed E-state index contributed by atoms with van der Waals surface area (Å²) >= 11 is 0. The van der Waals surface area contributed by atoms with Gasteiger partial charge in [0.1, 0.15) is 0 Å². The molecule has 0 fully saturated rings. The molecule has 0 aliphatic rings. The van der Waals surface area contributed by atoms with Gasteiger partial charge in [0.15, 0.2) is 11.6 Å². The molecule has 102 valence electrons. The van der Waals surface area contributed by atoms with Crippen LogP contribution in [-0.2, 0) is 0 Å². The van der Waals surface area contributed by atoms with E-state index in [0.29, 0.717) is 6.54 Å². The van der Waals surface area contributed by atoms with Gasteiger partial charge >= 0.3 is 0 Å². The van der Waals surface area contributed by atoms with E-state index in [0.717, 1.165) is 6.07 Å². The molecule has 0 bridgehead atoms. The Bertz CT molecular complexity index is 387. The van der Waals surface area contributed by atoms with Gasteiger partial charge in [-0.2, -0.15) is 0 Å². The molecular weight excluding hydrogens is 240 g/mol. The highest BCUT2D eigenvalue weighted by Gasteiger charge is 2.17. The third-order valence-corrected chi connectivity index (χ3v) is 3.11. The quantitative estimate of drug-likeness (QED) is 0.817. The smallest absolute Gasteiger partial charge is 0.164 e. The second kappa shape index (κ2) is 6.78. The lowest BCUT2D eigenvalue weighted by atomic mass is 10.1. The van der Waals surface area contributed by atoms with Crippen LogP contribution in [0.15, 0.2) is 18.2 Å². The first kappa shape index (κ1) is 15.0. The summed E-state index contributed by atoms with van der Waals surface area (Å²) in [6, 6.07) is 3.73. The maximum Gasteiger partial charge on any atom is 0.164 e. The number of halogens is 2. The van der Waals surface area contributed by atoms with Crippen LogP contribution in [0.1, 0.15) is 25.0 Å². The van der Waals surface area contributed by atoms with E-state index >= 15 is 0 Å². The molecule has 0 radical (unpaired) electrons. The second-order valence-corrected chi connectivity index (χ2v) is 4.46. The Hall–Kier alpha value is -1.04. The standard InChI is InChI=1S/C13H19F2NO2/c1-9(8-17)16(2)7-6-12(18)10-4-3-5-11(14)13(10)15/h3-5,9,12,17-18H,6-8H2,1-2H3. The first-order valence-corrected chi connectivity index (χ1v) is 5.90. The molecule has 5 heteroatoms. The average molecular weight is 259 g/mol. The minimum absolute atomic E-state index is 0.0148. The van der Waals surface area contributed by atoms with Crippen LogP contribution in [0.3, 0.4) is 0 Å². The fourth-order valence-corrected chi connectivity index (χ4v) is 1.62. The van der Waals surface area contributed by atoms with Gasteiger partial charge in [0.2, 0.25) is 0 Å². The molecule has 1 rings (SSSR count). The lowest BCUT2D eigenvalue weighted by Gasteiger charge is -2.24. The van der Waals surface area contributed by atoms with Crippen molar-refractivity contribution in [2.24, 2.45) is 0 Å². The summed E-state index contributed by atoms with van der Waals surface area (Å²) < 4.78 is 26.4. The van der Waals surface area contributed by atoms with E-state index < -0.39 is 17.7 Å². The van der Waals surface area contributed by atoms with Gasteiger partial charge in [-0.1, -0.05) is 12.1 Å². The van der Waals surface area contributed by atoms with Crippen LogP contribution in [0.4, 0.5) is 8.78 Å². The SMILES string of the molecule is CC(CO)N(C)CCC(O)c1cccc(F)c1F. The van der Waals surface area contributed by atoms with Crippen LogP contribution < -0.4 is 0 Å². The van der Waals surface area contributed by atoms with Crippen molar-refractivity contribution >= 4 is 0 Å². The van der Waals surface area contributed by atoms with Crippen molar-refractivity contribution in [1.29, 1.82) is 0 Å². The molecule has 0 saturated heterocycles. The molecular formula is C13H19F2NO2. The molecule has 18 heavy (non-hydrogen) atoms. The molecule has 2 atom stereocenters. The largest absolute Gasteiger partial charge is 0.395 e. The topological polar surface area (TPSA) is 43.7 Å². The first-order chi connectivity index (χ1) is 8.47. The van der Waals surface area contributed by atoms with Crippen molar-refractivity contribution in [3.63, 3.8) is 0 Å². The van der Waals surface area contributed by atoms with Gasteiger partial charge in [-0.05, 0) is 26.5 Å². The molecule has 0 aliphatic heterocycles. The molecule has 0 spiro atoms. The van der Waals surface area contributed by atoms with Gasteiger partial charge in [0, 0.05) is 18.2 Å². The fourth-order valence-electron chi connectivity index (χ4n) is 1.62. The van der Waals surface area contributed by atoms with Gasteiger partial charge in [0.25, 0.3) is 0 Å².